The molecule has 0 bridgehead atoms. The molecule has 1 aliphatic rings. The van der Waals surface area contributed by atoms with Gasteiger partial charge in [-0.3, -0.25) is 5.32 Å². The van der Waals surface area contributed by atoms with Crippen LogP contribution in [0.4, 0.5) is 5.69 Å². The predicted octanol–water partition coefficient (Wildman–Crippen LogP) is 0.758. The standard InChI is InChI=1S/C13H21N3O/c17-13-12(15-9-10-16-13)7-4-8-14-11-5-2-1-3-6-11/h1-3,5-6,12-17H,4,7-10H2. The van der Waals surface area contributed by atoms with Crippen LogP contribution in [0.25, 0.3) is 0 Å². The average molecular weight is 235 g/mol. The van der Waals surface area contributed by atoms with Gasteiger partial charge in [0.05, 0.1) is 0 Å². The van der Waals surface area contributed by atoms with E-state index in [1.165, 1.54) is 0 Å². The molecule has 2 rings (SSSR count). The zero-order chi connectivity index (χ0) is 11.9. The highest BCUT2D eigenvalue weighted by Crippen LogP contribution is 2.07. The van der Waals surface area contributed by atoms with Crippen molar-refractivity contribution in [3.05, 3.63) is 30.3 Å². The number of piperazine rings is 1. The molecule has 2 atom stereocenters. The number of rotatable bonds is 5. The lowest BCUT2D eigenvalue weighted by Crippen LogP contribution is -2.55. The summed E-state index contributed by atoms with van der Waals surface area (Å²) >= 11 is 0. The number of hydrogen-bond donors (Lipinski definition) is 4. The second-order valence-electron chi connectivity index (χ2n) is 4.39. The molecule has 0 aromatic heterocycles. The van der Waals surface area contributed by atoms with Crippen LogP contribution in [0.3, 0.4) is 0 Å². The zero-order valence-electron chi connectivity index (χ0n) is 10.0. The Bertz CT molecular complexity index is 318. The van der Waals surface area contributed by atoms with Crippen LogP contribution in [0, 0.1) is 0 Å². The quantitative estimate of drug-likeness (QED) is 0.569. The Morgan fingerprint density at radius 1 is 1.18 bits per heavy atom. The maximum atomic E-state index is 9.69. The Kier molecular flexibility index (Phi) is 4.79. The number of aliphatic hydroxyl groups excluding tert-OH is 1. The number of anilines is 1. The van der Waals surface area contributed by atoms with Gasteiger partial charge in [0.1, 0.15) is 6.23 Å². The van der Waals surface area contributed by atoms with Crippen LogP contribution in [-0.4, -0.2) is 37.0 Å². The minimum Gasteiger partial charge on any atom is -0.385 e. The summed E-state index contributed by atoms with van der Waals surface area (Å²) in [4.78, 5) is 0. The van der Waals surface area contributed by atoms with Crippen LogP contribution < -0.4 is 16.0 Å². The number of nitrogens with one attached hydrogen (secondary N) is 3. The van der Waals surface area contributed by atoms with E-state index in [2.05, 4.69) is 28.1 Å². The summed E-state index contributed by atoms with van der Waals surface area (Å²) in [5.74, 6) is 0. The predicted molar refractivity (Wildman–Crippen MR) is 70.0 cm³/mol. The van der Waals surface area contributed by atoms with Gasteiger partial charge in [0.2, 0.25) is 0 Å². The monoisotopic (exact) mass is 235 g/mol. The van der Waals surface area contributed by atoms with E-state index in [1.54, 1.807) is 0 Å². The molecule has 94 valence electrons. The van der Waals surface area contributed by atoms with Crippen LogP contribution in [0.15, 0.2) is 30.3 Å². The van der Waals surface area contributed by atoms with Crippen molar-refractivity contribution < 1.29 is 5.11 Å². The van der Waals surface area contributed by atoms with E-state index < -0.39 is 6.23 Å². The van der Waals surface area contributed by atoms with Crippen molar-refractivity contribution in [2.24, 2.45) is 0 Å². The first-order valence-electron chi connectivity index (χ1n) is 6.30. The molecule has 1 aromatic rings. The number of para-hydroxylation sites is 1. The lowest BCUT2D eigenvalue weighted by Gasteiger charge is -2.30. The van der Waals surface area contributed by atoms with Crippen molar-refractivity contribution in [3.63, 3.8) is 0 Å². The molecule has 4 nitrogen and oxygen atoms in total. The third kappa shape index (κ3) is 4.00. The van der Waals surface area contributed by atoms with Crippen LogP contribution in [0.1, 0.15) is 12.8 Å². The first-order chi connectivity index (χ1) is 8.36. The lowest BCUT2D eigenvalue weighted by atomic mass is 10.1. The van der Waals surface area contributed by atoms with E-state index in [0.717, 1.165) is 38.2 Å². The molecule has 1 heterocycles. The summed E-state index contributed by atoms with van der Waals surface area (Å²) in [5.41, 5.74) is 1.16. The van der Waals surface area contributed by atoms with Gasteiger partial charge in [-0.1, -0.05) is 18.2 Å². The second-order valence-corrected chi connectivity index (χ2v) is 4.39. The maximum Gasteiger partial charge on any atom is 0.120 e. The Labute approximate surface area is 102 Å². The highest BCUT2D eigenvalue weighted by Gasteiger charge is 2.20. The van der Waals surface area contributed by atoms with Gasteiger partial charge in [0.15, 0.2) is 0 Å². The fourth-order valence-electron chi connectivity index (χ4n) is 2.10. The summed E-state index contributed by atoms with van der Waals surface area (Å²) in [6.07, 6.45) is 1.62. The maximum absolute atomic E-state index is 9.69. The van der Waals surface area contributed by atoms with Crippen molar-refractivity contribution in [3.8, 4) is 0 Å². The van der Waals surface area contributed by atoms with Gasteiger partial charge in [-0.15, -0.1) is 0 Å². The van der Waals surface area contributed by atoms with E-state index in [1.807, 2.05) is 18.2 Å². The number of benzene rings is 1. The van der Waals surface area contributed by atoms with E-state index in [9.17, 15) is 5.11 Å². The highest BCUT2D eigenvalue weighted by molar-refractivity contribution is 5.42. The van der Waals surface area contributed by atoms with Gasteiger partial charge in [-0.25, -0.2) is 0 Å². The molecular weight excluding hydrogens is 214 g/mol. The van der Waals surface area contributed by atoms with Crippen LogP contribution in [0.5, 0.6) is 0 Å². The molecule has 1 fully saturated rings. The summed E-state index contributed by atoms with van der Waals surface area (Å²) in [7, 11) is 0. The molecule has 0 amide bonds. The van der Waals surface area contributed by atoms with Crippen molar-refractivity contribution in [2.45, 2.75) is 25.1 Å². The van der Waals surface area contributed by atoms with E-state index >= 15 is 0 Å². The van der Waals surface area contributed by atoms with E-state index in [0.29, 0.717) is 0 Å². The molecule has 0 spiro atoms. The van der Waals surface area contributed by atoms with Crippen LogP contribution >= 0.6 is 0 Å². The Hall–Kier alpha value is -1.10. The summed E-state index contributed by atoms with van der Waals surface area (Å²) < 4.78 is 0. The van der Waals surface area contributed by atoms with Gasteiger partial charge in [-0.2, -0.15) is 0 Å². The van der Waals surface area contributed by atoms with Crippen molar-refractivity contribution >= 4 is 5.69 Å². The summed E-state index contributed by atoms with van der Waals surface area (Å²) in [6, 6.07) is 10.4. The Morgan fingerprint density at radius 2 is 1.94 bits per heavy atom. The molecule has 1 saturated heterocycles. The minimum atomic E-state index is -0.402. The van der Waals surface area contributed by atoms with E-state index in [4.69, 9.17) is 0 Å². The molecule has 1 aromatic carbocycles. The molecule has 0 radical (unpaired) electrons. The van der Waals surface area contributed by atoms with Crippen molar-refractivity contribution in [1.29, 1.82) is 0 Å². The molecule has 2 unspecified atom stereocenters. The summed E-state index contributed by atoms with van der Waals surface area (Å²) in [5, 5.41) is 19.5. The molecular formula is C13H21N3O. The SMILES string of the molecule is OC1NCCNC1CCCNc1ccccc1. The fraction of sp³-hybridized carbons (Fsp3) is 0.538. The molecule has 0 aliphatic carbocycles. The normalized spacial score (nSPS) is 24.5. The van der Waals surface area contributed by atoms with Crippen molar-refractivity contribution in [1.82, 2.24) is 10.6 Å². The fourth-order valence-corrected chi connectivity index (χ4v) is 2.10. The van der Waals surface area contributed by atoms with E-state index in [-0.39, 0.29) is 6.04 Å². The third-order valence-corrected chi connectivity index (χ3v) is 3.06. The van der Waals surface area contributed by atoms with Gasteiger partial charge in [0.25, 0.3) is 0 Å². The molecule has 1 aliphatic heterocycles. The second kappa shape index (κ2) is 6.59. The first kappa shape index (κ1) is 12.4. The van der Waals surface area contributed by atoms with Gasteiger partial charge in [-0.05, 0) is 25.0 Å². The lowest BCUT2D eigenvalue weighted by molar-refractivity contribution is 0.0715. The number of aliphatic hydroxyl groups is 1. The smallest absolute Gasteiger partial charge is 0.120 e. The van der Waals surface area contributed by atoms with Crippen LogP contribution in [0.2, 0.25) is 0 Å². The summed E-state index contributed by atoms with van der Waals surface area (Å²) in [6.45, 7) is 2.72. The van der Waals surface area contributed by atoms with Gasteiger partial charge >= 0.3 is 0 Å². The largest absolute Gasteiger partial charge is 0.385 e. The van der Waals surface area contributed by atoms with Crippen molar-refractivity contribution in [2.75, 3.05) is 25.0 Å². The Morgan fingerprint density at radius 3 is 2.71 bits per heavy atom. The topological polar surface area (TPSA) is 56.3 Å². The van der Waals surface area contributed by atoms with Gasteiger partial charge in [0, 0.05) is 31.4 Å². The number of hydrogen-bond acceptors (Lipinski definition) is 4. The molecule has 17 heavy (non-hydrogen) atoms. The molecule has 4 heteroatoms. The third-order valence-electron chi connectivity index (χ3n) is 3.06. The zero-order valence-corrected chi connectivity index (χ0v) is 10.0. The van der Waals surface area contributed by atoms with Crippen LogP contribution in [-0.2, 0) is 0 Å². The molecule has 4 N–H and O–H groups in total. The Balaban J connectivity index is 1.63. The average Bonchev–Trinajstić information content (AvgIpc) is 2.38. The van der Waals surface area contributed by atoms with Gasteiger partial charge < -0.3 is 15.7 Å². The highest BCUT2D eigenvalue weighted by atomic mass is 16.3. The first-order valence-corrected chi connectivity index (χ1v) is 6.30. The minimum absolute atomic E-state index is 0.182. The molecule has 0 saturated carbocycles.